The minimum Gasteiger partial charge on any atom is -0.328 e. The van der Waals surface area contributed by atoms with Gasteiger partial charge in [-0.2, -0.15) is 0 Å². The maximum absolute atomic E-state index is 4.58. The number of aryl methyl sites for hydroxylation is 1. The van der Waals surface area contributed by atoms with Crippen LogP contribution in [0.15, 0.2) is 12.4 Å². The molecule has 2 aromatic heterocycles. The predicted molar refractivity (Wildman–Crippen MR) is 97.5 cm³/mol. The number of hydrogen-bond acceptors (Lipinski definition) is 4. The Hall–Kier alpha value is -1.69. The van der Waals surface area contributed by atoms with Gasteiger partial charge in [-0.1, -0.05) is 19.3 Å². The molecule has 1 aliphatic heterocycles. The van der Waals surface area contributed by atoms with Crippen molar-refractivity contribution in [1.29, 1.82) is 0 Å². The van der Waals surface area contributed by atoms with Gasteiger partial charge >= 0.3 is 0 Å². The summed E-state index contributed by atoms with van der Waals surface area (Å²) in [6, 6.07) is 0.804. The van der Waals surface area contributed by atoms with Crippen LogP contribution in [-0.4, -0.2) is 48.3 Å². The second-order valence-electron chi connectivity index (χ2n) is 7.76. The Kier molecular flexibility index (Phi) is 4.88. The van der Waals surface area contributed by atoms with E-state index in [4.69, 9.17) is 0 Å². The molecule has 0 bridgehead atoms. The van der Waals surface area contributed by atoms with E-state index in [0.717, 1.165) is 36.6 Å². The highest BCUT2D eigenvalue weighted by Gasteiger charge is 2.30. The van der Waals surface area contributed by atoms with Gasteiger partial charge in [0, 0.05) is 37.9 Å². The number of aromatic nitrogens is 5. The largest absolute Gasteiger partial charge is 0.328 e. The van der Waals surface area contributed by atoms with Crippen molar-refractivity contribution < 1.29 is 0 Å². The molecule has 0 N–H and O–H groups in total. The van der Waals surface area contributed by atoms with E-state index in [9.17, 15) is 0 Å². The zero-order valence-corrected chi connectivity index (χ0v) is 15.6. The number of nitrogens with zero attached hydrogens (tertiary/aromatic N) is 6. The number of likely N-dealkylation sites (tertiary alicyclic amines) is 1. The van der Waals surface area contributed by atoms with Crippen molar-refractivity contribution in [3.8, 4) is 0 Å². The quantitative estimate of drug-likeness (QED) is 0.857. The molecule has 1 aliphatic carbocycles. The molecule has 0 amide bonds. The molecule has 0 radical (unpaired) electrons. The summed E-state index contributed by atoms with van der Waals surface area (Å²) in [5.74, 6) is 3.72. The first-order chi connectivity index (χ1) is 12.2. The Morgan fingerprint density at radius 2 is 1.92 bits per heavy atom. The average Bonchev–Trinajstić information content (AvgIpc) is 3.22. The van der Waals surface area contributed by atoms with Gasteiger partial charge < -0.3 is 9.13 Å². The standard InChI is InChI=1S/C19H30N6/c1-15-20-10-12-24(15)14-18-21-22-19(23(18)2)16-7-6-11-25(13-16)17-8-4-3-5-9-17/h10,12,16-17H,3-9,11,13-14H2,1-2H3. The fraction of sp³-hybridized carbons (Fsp3) is 0.737. The van der Waals surface area contributed by atoms with Crippen molar-refractivity contribution in [2.75, 3.05) is 13.1 Å². The summed E-state index contributed by atoms with van der Waals surface area (Å²) in [6.45, 7) is 5.19. The van der Waals surface area contributed by atoms with Crippen LogP contribution in [0.2, 0.25) is 0 Å². The first kappa shape index (κ1) is 16.8. The van der Waals surface area contributed by atoms with Crippen molar-refractivity contribution >= 4 is 0 Å². The minimum absolute atomic E-state index is 0.519. The second-order valence-corrected chi connectivity index (χ2v) is 7.76. The molecule has 0 spiro atoms. The molecule has 4 rings (SSSR count). The van der Waals surface area contributed by atoms with E-state index in [-0.39, 0.29) is 0 Å². The molecule has 136 valence electrons. The van der Waals surface area contributed by atoms with E-state index in [1.165, 1.54) is 51.5 Å². The lowest BCUT2D eigenvalue weighted by Crippen LogP contribution is -2.43. The number of imidazole rings is 1. The first-order valence-corrected chi connectivity index (χ1v) is 9.82. The molecule has 25 heavy (non-hydrogen) atoms. The summed E-state index contributed by atoms with van der Waals surface area (Å²) in [5.41, 5.74) is 0. The van der Waals surface area contributed by atoms with Crippen LogP contribution >= 0.6 is 0 Å². The molecule has 1 atom stereocenters. The molecular formula is C19H30N6. The van der Waals surface area contributed by atoms with Crippen LogP contribution in [0.4, 0.5) is 0 Å². The molecule has 1 unspecified atom stereocenters. The molecule has 2 aromatic rings. The maximum Gasteiger partial charge on any atom is 0.152 e. The number of rotatable bonds is 4. The minimum atomic E-state index is 0.519. The van der Waals surface area contributed by atoms with Crippen LogP contribution < -0.4 is 0 Å². The summed E-state index contributed by atoms with van der Waals surface area (Å²) in [6.07, 6.45) is 13.4. The van der Waals surface area contributed by atoms with Crippen molar-refractivity contribution in [3.63, 3.8) is 0 Å². The lowest BCUT2D eigenvalue weighted by Gasteiger charge is -2.39. The molecular weight excluding hydrogens is 312 g/mol. The fourth-order valence-corrected chi connectivity index (χ4v) is 4.59. The number of piperidine rings is 1. The van der Waals surface area contributed by atoms with Gasteiger partial charge in [0.25, 0.3) is 0 Å². The van der Waals surface area contributed by atoms with Crippen molar-refractivity contribution in [1.82, 2.24) is 29.2 Å². The van der Waals surface area contributed by atoms with Crippen LogP contribution in [0, 0.1) is 6.92 Å². The zero-order valence-electron chi connectivity index (χ0n) is 15.6. The van der Waals surface area contributed by atoms with Crippen molar-refractivity contribution in [3.05, 3.63) is 29.9 Å². The lowest BCUT2D eigenvalue weighted by molar-refractivity contribution is 0.116. The highest BCUT2D eigenvalue weighted by Crippen LogP contribution is 2.31. The molecule has 1 saturated heterocycles. The van der Waals surface area contributed by atoms with Gasteiger partial charge in [0.2, 0.25) is 0 Å². The molecule has 2 aliphatic rings. The SMILES string of the molecule is Cc1nccn1Cc1nnc(C2CCCN(C3CCCCC3)C2)n1C. The lowest BCUT2D eigenvalue weighted by atomic mass is 9.90. The third kappa shape index (κ3) is 3.50. The van der Waals surface area contributed by atoms with E-state index in [1.807, 2.05) is 19.3 Å². The van der Waals surface area contributed by atoms with Crippen LogP contribution in [0.5, 0.6) is 0 Å². The molecule has 0 aromatic carbocycles. The smallest absolute Gasteiger partial charge is 0.152 e. The topological polar surface area (TPSA) is 51.8 Å². The monoisotopic (exact) mass is 342 g/mol. The van der Waals surface area contributed by atoms with Gasteiger partial charge in [-0.15, -0.1) is 10.2 Å². The Morgan fingerprint density at radius 3 is 2.68 bits per heavy atom. The summed E-state index contributed by atoms with van der Waals surface area (Å²) in [7, 11) is 2.12. The summed E-state index contributed by atoms with van der Waals surface area (Å²) in [5, 5.41) is 9.07. The first-order valence-electron chi connectivity index (χ1n) is 9.82. The molecule has 2 fully saturated rings. The van der Waals surface area contributed by atoms with E-state index in [1.54, 1.807) is 0 Å². The highest BCUT2D eigenvalue weighted by molar-refractivity contribution is 5.06. The molecule has 3 heterocycles. The van der Waals surface area contributed by atoms with Crippen LogP contribution in [0.3, 0.4) is 0 Å². The Labute approximate surface area is 150 Å². The van der Waals surface area contributed by atoms with E-state index in [2.05, 4.69) is 36.3 Å². The fourth-order valence-electron chi connectivity index (χ4n) is 4.59. The second kappa shape index (κ2) is 7.28. The van der Waals surface area contributed by atoms with Gasteiger partial charge in [0.1, 0.15) is 11.6 Å². The Morgan fingerprint density at radius 1 is 1.08 bits per heavy atom. The van der Waals surface area contributed by atoms with Crippen molar-refractivity contribution in [2.24, 2.45) is 7.05 Å². The summed E-state index contributed by atoms with van der Waals surface area (Å²) >= 11 is 0. The number of hydrogen-bond donors (Lipinski definition) is 0. The normalized spacial score (nSPS) is 23.2. The highest BCUT2D eigenvalue weighted by atomic mass is 15.3. The van der Waals surface area contributed by atoms with Crippen molar-refractivity contribution in [2.45, 2.75) is 70.4 Å². The summed E-state index contributed by atoms with van der Waals surface area (Å²) in [4.78, 5) is 7.04. The third-order valence-electron chi connectivity index (χ3n) is 6.14. The van der Waals surface area contributed by atoms with E-state index >= 15 is 0 Å². The molecule has 1 saturated carbocycles. The zero-order chi connectivity index (χ0) is 17.2. The van der Waals surface area contributed by atoms with Gasteiger partial charge in [-0.3, -0.25) is 4.90 Å². The van der Waals surface area contributed by atoms with Gasteiger partial charge in [-0.05, 0) is 39.2 Å². The van der Waals surface area contributed by atoms with Crippen LogP contribution in [-0.2, 0) is 13.6 Å². The Balaban J connectivity index is 1.47. The molecule has 6 nitrogen and oxygen atoms in total. The van der Waals surface area contributed by atoms with Gasteiger partial charge in [0.15, 0.2) is 5.82 Å². The van der Waals surface area contributed by atoms with E-state index < -0.39 is 0 Å². The van der Waals surface area contributed by atoms with Gasteiger partial charge in [0.05, 0.1) is 6.54 Å². The Bertz CT molecular complexity index is 697. The molecule has 6 heteroatoms. The average molecular weight is 342 g/mol. The van der Waals surface area contributed by atoms with Crippen LogP contribution in [0.1, 0.15) is 68.3 Å². The third-order valence-corrected chi connectivity index (χ3v) is 6.14. The predicted octanol–water partition coefficient (Wildman–Crippen LogP) is 2.88. The maximum atomic E-state index is 4.58. The van der Waals surface area contributed by atoms with E-state index in [0.29, 0.717) is 5.92 Å². The van der Waals surface area contributed by atoms with Gasteiger partial charge in [-0.25, -0.2) is 4.98 Å². The summed E-state index contributed by atoms with van der Waals surface area (Å²) < 4.78 is 4.34. The van der Waals surface area contributed by atoms with Crippen LogP contribution in [0.25, 0.3) is 0 Å².